The number of amides is 1. The van der Waals surface area contributed by atoms with Crippen molar-refractivity contribution in [2.45, 2.75) is 51.6 Å². The quantitative estimate of drug-likeness (QED) is 0.647. The fraction of sp³-hybridized carbons (Fsp3) is 0.917. The summed E-state index contributed by atoms with van der Waals surface area (Å²) in [5.41, 5.74) is -0.372. The predicted octanol–water partition coefficient (Wildman–Crippen LogP) is 0.652. The fourth-order valence-electron chi connectivity index (χ4n) is 2.11. The van der Waals surface area contributed by atoms with Gasteiger partial charge in [-0.25, -0.2) is 0 Å². The molecule has 1 saturated heterocycles. The highest BCUT2D eigenvalue weighted by atomic mass is 16.3. The molecule has 1 amide bonds. The van der Waals surface area contributed by atoms with E-state index in [1.54, 1.807) is 0 Å². The van der Waals surface area contributed by atoms with E-state index in [1.807, 2.05) is 20.8 Å². The van der Waals surface area contributed by atoms with Gasteiger partial charge in [0.2, 0.25) is 5.91 Å². The van der Waals surface area contributed by atoms with Crippen LogP contribution in [-0.4, -0.2) is 35.7 Å². The number of carbonyl (C=O) groups is 1. The van der Waals surface area contributed by atoms with E-state index >= 15 is 0 Å². The highest BCUT2D eigenvalue weighted by Crippen LogP contribution is 2.23. The maximum atomic E-state index is 12.2. The molecule has 16 heavy (non-hydrogen) atoms. The Hall–Kier alpha value is -0.610. The first-order chi connectivity index (χ1) is 7.55. The second-order valence-electron chi connectivity index (χ2n) is 4.89. The molecule has 0 spiro atoms. The van der Waals surface area contributed by atoms with Crippen LogP contribution in [0.1, 0.15) is 40.0 Å². The second kappa shape index (κ2) is 5.64. The molecule has 0 aromatic rings. The Morgan fingerprint density at radius 1 is 1.56 bits per heavy atom. The fourth-order valence-corrected chi connectivity index (χ4v) is 2.11. The Morgan fingerprint density at radius 3 is 2.69 bits per heavy atom. The summed E-state index contributed by atoms with van der Waals surface area (Å²) in [7, 11) is 0. The molecule has 3 unspecified atom stereocenters. The van der Waals surface area contributed by atoms with Crippen molar-refractivity contribution in [2.75, 3.05) is 13.2 Å². The molecule has 1 aliphatic heterocycles. The molecule has 3 N–H and O–H groups in total. The van der Waals surface area contributed by atoms with Gasteiger partial charge in [-0.05, 0) is 38.6 Å². The van der Waals surface area contributed by atoms with Gasteiger partial charge in [-0.2, -0.15) is 0 Å². The van der Waals surface area contributed by atoms with Crippen LogP contribution in [0.3, 0.4) is 0 Å². The van der Waals surface area contributed by atoms with E-state index in [4.69, 9.17) is 5.11 Å². The van der Waals surface area contributed by atoms with Gasteiger partial charge in [-0.1, -0.05) is 13.8 Å². The molecule has 0 aromatic carbocycles. The number of hydrogen-bond donors (Lipinski definition) is 3. The average Bonchev–Trinajstić information content (AvgIpc) is 2.77. The lowest BCUT2D eigenvalue weighted by atomic mass is 9.92. The Morgan fingerprint density at radius 2 is 2.25 bits per heavy atom. The SMILES string of the molecule is CCC1(C(=O)NC(C)C(C)CO)CCCN1. The number of nitrogens with one attached hydrogen (secondary N) is 2. The van der Waals surface area contributed by atoms with Crippen molar-refractivity contribution in [2.24, 2.45) is 5.92 Å². The van der Waals surface area contributed by atoms with Crippen molar-refractivity contribution in [1.82, 2.24) is 10.6 Å². The highest BCUT2D eigenvalue weighted by Gasteiger charge is 2.39. The molecule has 0 saturated carbocycles. The molecule has 1 heterocycles. The van der Waals surface area contributed by atoms with Gasteiger partial charge < -0.3 is 15.7 Å². The zero-order valence-electron chi connectivity index (χ0n) is 10.5. The lowest BCUT2D eigenvalue weighted by Gasteiger charge is -2.30. The van der Waals surface area contributed by atoms with Crippen LogP contribution in [0.4, 0.5) is 0 Å². The normalized spacial score (nSPS) is 28.8. The molecule has 1 fully saturated rings. The topological polar surface area (TPSA) is 61.4 Å². The van der Waals surface area contributed by atoms with Gasteiger partial charge in [0.15, 0.2) is 0 Å². The van der Waals surface area contributed by atoms with Crippen LogP contribution in [0.2, 0.25) is 0 Å². The Bertz CT molecular complexity index is 237. The third kappa shape index (κ3) is 2.74. The van der Waals surface area contributed by atoms with Crippen LogP contribution >= 0.6 is 0 Å². The van der Waals surface area contributed by atoms with Crippen LogP contribution in [0.5, 0.6) is 0 Å². The van der Waals surface area contributed by atoms with E-state index in [0.717, 1.165) is 25.8 Å². The van der Waals surface area contributed by atoms with Gasteiger partial charge in [0.05, 0.1) is 5.54 Å². The summed E-state index contributed by atoms with van der Waals surface area (Å²) in [6, 6.07) is 0.0170. The van der Waals surface area contributed by atoms with E-state index in [9.17, 15) is 4.79 Å². The summed E-state index contributed by atoms with van der Waals surface area (Å²) in [5, 5.41) is 15.3. The van der Waals surface area contributed by atoms with Crippen molar-refractivity contribution in [1.29, 1.82) is 0 Å². The van der Waals surface area contributed by atoms with Gasteiger partial charge >= 0.3 is 0 Å². The molecule has 0 radical (unpaired) electrons. The summed E-state index contributed by atoms with van der Waals surface area (Å²) in [5.74, 6) is 0.180. The molecule has 94 valence electrons. The average molecular weight is 228 g/mol. The van der Waals surface area contributed by atoms with Crippen molar-refractivity contribution in [3.05, 3.63) is 0 Å². The molecular formula is C12H24N2O2. The smallest absolute Gasteiger partial charge is 0.240 e. The lowest BCUT2D eigenvalue weighted by molar-refractivity contribution is -0.128. The van der Waals surface area contributed by atoms with Crippen LogP contribution in [-0.2, 0) is 4.79 Å². The summed E-state index contributed by atoms with van der Waals surface area (Å²) in [6.45, 7) is 6.94. The first-order valence-corrected chi connectivity index (χ1v) is 6.22. The van der Waals surface area contributed by atoms with Gasteiger partial charge in [0.1, 0.15) is 0 Å². The van der Waals surface area contributed by atoms with Gasteiger partial charge in [0.25, 0.3) is 0 Å². The van der Waals surface area contributed by atoms with Crippen molar-refractivity contribution < 1.29 is 9.90 Å². The first-order valence-electron chi connectivity index (χ1n) is 6.22. The molecule has 3 atom stereocenters. The minimum absolute atomic E-state index is 0.0170. The number of hydrogen-bond acceptors (Lipinski definition) is 3. The minimum atomic E-state index is -0.372. The summed E-state index contributed by atoms with van der Waals surface area (Å²) in [4.78, 5) is 12.2. The third-order valence-corrected chi connectivity index (χ3v) is 3.78. The van der Waals surface area contributed by atoms with Gasteiger partial charge in [-0.15, -0.1) is 0 Å². The van der Waals surface area contributed by atoms with E-state index in [-0.39, 0.29) is 30.0 Å². The van der Waals surface area contributed by atoms with E-state index < -0.39 is 0 Å². The standard InChI is InChI=1S/C12H24N2O2/c1-4-12(6-5-7-13-12)11(16)14-10(3)9(2)8-15/h9-10,13,15H,4-8H2,1-3H3,(H,14,16). The van der Waals surface area contributed by atoms with Crippen LogP contribution in [0.25, 0.3) is 0 Å². The Kier molecular flexibility index (Phi) is 4.74. The monoisotopic (exact) mass is 228 g/mol. The highest BCUT2D eigenvalue weighted by molar-refractivity contribution is 5.86. The van der Waals surface area contributed by atoms with Crippen LogP contribution < -0.4 is 10.6 Å². The zero-order valence-corrected chi connectivity index (χ0v) is 10.5. The molecule has 0 aliphatic carbocycles. The lowest BCUT2D eigenvalue weighted by Crippen LogP contribution is -2.56. The Labute approximate surface area is 97.8 Å². The van der Waals surface area contributed by atoms with E-state index in [1.165, 1.54) is 0 Å². The molecule has 1 rings (SSSR count). The summed E-state index contributed by atoms with van der Waals surface area (Å²) in [6.07, 6.45) is 2.79. The number of aliphatic hydroxyl groups is 1. The third-order valence-electron chi connectivity index (χ3n) is 3.78. The molecule has 1 aliphatic rings. The maximum Gasteiger partial charge on any atom is 0.240 e. The van der Waals surface area contributed by atoms with Crippen LogP contribution in [0.15, 0.2) is 0 Å². The summed E-state index contributed by atoms with van der Waals surface area (Å²) < 4.78 is 0. The molecular weight excluding hydrogens is 204 g/mol. The van der Waals surface area contributed by atoms with E-state index in [0.29, 0.717) is 0 Å². The molecule has 4 nitrogen and oxygen atoms in total. The van der Waals surface area contributed by atoms with Crippen LogP contribution in [0, 0.1) is 5.92 Å². The minimum Gasteiger partial charge on any atom is -0.396 e. The van der Waals surface area contributed by atoms with Crippen molar-refractivity contribution in [3.63, 3.8) is 0 Å². The zero-order chi connectivity index (χ0) is 12.2. The molecule has 4 heteroatoms. The number of carbonyl (C=O) groups excluding carboxylic acids is 1. The Balaban J connectivity index is 2.56. The number of aliphatic hydroxyl groups excluding tert-OH is 1. The van der Waals surface area contributed by atoms with Crippen molar-refractivity contribution >= 4 is 5.91 Å². The number of rotatable bonds is 5. The van der Waals surface area contributed by atoms with Crippen molar-refractivity contribution in [3.8, 4) is 0 Å². The predicted molar refractivity (Wildman–Crippen MR) is 64.1 cm³/mol. The second-order valence-corrected chi connectivity index (χ2v) is 4.89. The largest absolute Gasteiger partial charge is 0.396 e. The molecule has 0 aromatic heterocycles. The van der Waals surface area contributed by atoms with E-state index in [2.05, 4.69) is 10.6 Å². The molecule has 0 bridgehead atoms. The van der Waals surface area contributed by atoms with Gasteiger partial charge in [0, 0.05) is 12.6 Å². The maximum absolute atomic E-state index is 12.2. The summed E-state index contributed by atoms with van der Waals surface area (Å²) >= 11 is 0. The first kappa shape index (κ1) is 13.5. The van der Waals surface area contributed by atoms with Gasteiger partial charge in [-0.3, -0.25) is 4.79 Å².